The van der Waals surface area contributed by atoms with Crippen LogP contribution in [0.5, 0.6) is 5.75 Å². The third kappa shape index (κ3) is 8.22. The molecule has 0 aromatic heterocycles. The Labute approximate surface area is 249 Å². The van der Waals surface area contributed by atoms with Gasteiger partial charge in [-0.2, -0.15) is 0 Å². The van der Waals surface area contributed by atoms with Crippen LogP contribution in [0.4, 0.5) is 5.69 Å². The highest BCUT2D eigenvalue weighted by molar-refractivity contribution is 9.10. The number of amides is 2. The van der Waals surface area contributed by atoms with Crippen molar-refractivity contribution in [1.82, 2.24) is 10.2 Å². The molecule has 0 aliphatic carbocycles. The van der Waals surface area contributed by atoms with E-state index in [2.05, 4.69) is 21.2 Å². The average Bonchev–Trinajstić information content (AvgIpc) is 2.91. The zero-order valence-electron chi connectivity index (χ0n) is 22.8. The molecule has 1 unspecified atom stereocenters. The summed E-state index contributed by atoms with van der Waals surface area (Å²) in [7, 11) is -4.19. The second kappa shape index (κ2) is 14.0. The summed E-state index contributed by atoms with van der Waals surface area (Å²) in [6, 6.07) is 18.6. The minimum Gasteiger partial charge on any atom is -0.494 e. The molecule has 0 saturated heterocycles. The van der Waals surface area contributed by atoms with E-state index in [1.807, 2.05) is 45.0 Å². The molecular weight excluding hydrogens is 618 g/mol. The summed E-state index contributed by atoms with van der Waals surface area (Å²) in [5.74, 6) is -0.313. The van der Waals surface area contributed by atoms with Gasteiger partial charge in [0, 0.05) is 22.1 Å². The summed E-state index contributed by atoms with van der Waals surface area (Å²) in [4.78, 5) is 28.3. The van der Waals surface area contributed by atoms with Gasteiger partial charge >= 0.3 is 0 Å². The van der Waals surface area contributed by atoms with Crippen LogP contribution in [0.15, 0.2) is 82.2 Å². The van der Waals surface area contributed by atoms with Crippen LogP contribution in [0.2, 0.25) is 5.02 Å². The molecule has 8 nitrogen and oxygen atoms in total. The SMILES string of the molecule is CCOc1ccc(N(CC(=O)N(Cc2ccc(Br)cc2)C(C)C(=O)NC(C)C)S(=O)(=O)c2ccc(Cl)cc2)cc1. The molecule has 2 amide bonds. The van der Waals surface area contributed by atoms with Gasteiger partial charge < -0.3 is 15.0 Å². The number of hydrogen-bond acceptors (Lipinski definition) is 5. The van der Waals surface area contributed by atoms with Gasteiger partial charge in [-0.15, -0.1) is 0 Å². The zero-order chi connectivity index (χ0) is 29.4. The number of hydrogen-bond donors (Lipinski definition) is 1. The van der Waals surface area contributed by atoms with Gasteiger partial charge in [-0.05, 0) is 93.9 Å². The third-order valence-electron chi connectivity index (χ3n) is 5.98. The summed E-state index contributed by atoms with van der Waals surface area (Å²) in [6.45, 7) is 7.16. The Morgan fingerprint density at radius 2 is 1.55 bits per heavy atom. The molecule has 0 heterocycles. The largest absolute Gasteiger partial charge is 0.494 e. The van der Waals surface area contributed by atoms with Crippen molar-refractivity contribution in [3.05, 3.63) is 87.9 Å². The highest BCUT2D eigenvalue weighted by Gasteiger charge is 2.32. The molecule has 0 aliphatic heterocycles. The molecule has 0 fully saturated rings. The van der Waals surface area contributed by atoms with Crippen molar-refractivity contribution in [3.63, 3.8) is 0 Å². The number of carbonyl (C=O) groups excluding carboxylic acids is 2. The maximum Gasteiger partial charge on any atom is 0.264 e. The van der Waals surface area contributed by atoms with Gasteiger partial charge in [0.05, 0.1) is 17.2 Å². The smallest absolute Gasteiger partial charge is 0.264 e. The molecular formula is C29H33BrClN3O5S. The Morgan fingerprint density at radius 3 is 2.10 bits per heavy atom. The molecule has 0 spiro atoms. The van der Waals surface area contributed by atoms with E-state index in [0.717, 1.165) is 14.3 Å². The molecule has 0 saturated carbocycles. The Hall–Kier alpha value is -3.08. The number of anilines is 1. The first-order chi connectivity index (χ1) is 18.9. The van der Waals surface area contributed by atoms with E-state index < -0.39 is 28.5 Å². The van der Waals surface area contributed by atoms with Crippen LogP contribution in [0.25, 0.3) is 0 Å². The number of benzene rings is 3. The molecule has 1 atom stereocenters. The first-order valence-electron chi connectivity index (χ1n) is 12.8. The predicted molar refractivity (Wildman–Crippen MR) is 161 cm³/mol. The Bertz CT molecular complexity index is 1400. The molecule has 0 aliphatic rings. The lowest BCUT2D eigenvalue weighted by Crippen LogP contribution is -2.52. The zero-order valence-corrected chi connectivity index (χ0v) is 26.0. The first kappa shape index (κ1) is 31.4. The van der Waals surface area contributed by atoms with Crippen LogP contribution in [-0.2, 0) is 26.2 Å². The van der Waals surface area contributed by atoms with Gasteiger partial charge in [0.25, 0.3) is 10.0 Å². The fraction of sp³-hybridized carbons (Fsp3) is 0.310. The van der Waals surface area contributed by atoms with E-state index in [0.29, 0.717) is 17.4 Å². The summed E-state index contributed by atoms with van der Waals surface area (Å²) in [6.07, 6.45) is 0. The van der Waals surface area contributed by atoms with Crippen LogP contribution in [0.3, 0.4) is 0 Å². The van der Waals surface area contributed by atoms with Gasteiger partial charge in [0.1, 0.15) is 18.3 Å². The Morgan fingerprint density at radius 1 is 0.950 bits per heavy atom. The van der Waals surface area contributed by atoms with Crippen molar-refractivity contribution in [2.45, 2.75) is 51.2 Å². The second-order valence-electron chi connectivity index (χ2n) is 9.38. The fourth-order valence-electron chi connectivity index (χ4n) is 3.91. The number of sulfonamides is 1. The molecule has 214 valence electrons. The van der Waals surface area contributed by atoms with E-state index >= 15 is 0 Å². The molecule has 0 bridgehead atoms. The molecule has 1 N–H and O–H groups in total. The van der Waals surface area contributed by atoms with Gasteiger partial charge in [0.15, 0.2) is 0 Å². The van der Waals surface area contributed by atoms with Crippen LogP contribution >= 0.6 is 27.5 Å². The minimum absolute atomic E-state index is 0.0244. The average molecular weight is 651 g/mol. The quantitative estimate of drug-likeness (QED) is 0.274. The number of nitrogens with zero attached hydrogens (tertiary/aromatic N) is 2. The summed E-state index contributed by atoms with van der Waals surface area (Å²) in [5, 5.41) is 3.22. The maximum absolute atomic E-state index is 13.9. The van der Waals surface area contributed by atoms with Crippen LogP contribution in [0, 0.1) is 0 Å². The lowest BCUT2D eigenvalue weighted by atomic mass is 10.1. The predicted octanol–water partition coefficient (Wildman–Crippen LogP) is 5.64. The van der Waals surface area contributed by atoms with Gasteiger partial charge in [0.2, 0.25) is 11.8 Å². The lowest BCUT2D eigenvalue weighted by molar-refractivity contribution is -0.139. The van der Waals surface area contributed by atoms with Gasteiger partial charge in [-0.25, -0.2) is 8.42 Å². The van der Waals surface area contributed by atoms with Crippen LogP contribution in [0.1, 0.15) is 33.3 Å². The Balaban J connectivity index is 2.02. The van der Waals surface area contributed by atoms with Gasteiger partial charge in [-0.3, -0.25) is 13.9 Å². The highest BCUT2D eigenvalue weighted by Crippen LogP contribution is 2.27. The van der Waals surface area contributed by atoms with Crippen molar-refractivity contribution >= 4 is 55.1 Å². The van der Waals surface area contributed by atoms with E-state index in [9.17, 15) is 18.0 Å². The van der Waals surface area contributed by atoms with Gasteiger partial charge in [-0.1, -0.05) is 39.7 Å². The molecule has 0 radical (unpaired) electrons. The number of rotatable bonds is 12. The fourth-order valence-corrected chi connectivity index (χ4v) is 5.72. The number of carbonyl (C=O) groups is 2. The molecule has 40 heavy (non-hydrogen) atoms. The number of ether oxygens (including phenoxy) is 1. The molecule has 3 aromatic carbocycles. The molecule has 3 aromatic rings. The second-order valence-corrected chi connectivity index (χ2v) is 12.6. The summed E-state index contributed by atoms with van der Waals surface area (Å²) < 4.78 is 35.1. The standard InChI is InChI=1S/C29H33BrClN3O5S/c1-5-39-26-14-12-25(13-15-26)34(40(37,38)27-16-10-24(31)11-17-27)19-28(35)33(21(4)29(36)32-20(2)3)18-22-6-8-23(30)9-7-22/h6-17,20-21H,5,18-19H2,1-4H3,(H,32,36). The summed E-state index contributed by atoms with van der Waals surface area (Å²) in [5.41, 5.74) is 1.06. The lowest BCUT2D eigenvalue weighted by Gasteiger charge is -2.32. The molecule has 3 rings (SSSR count). The van der Waals surface area contributed by atoms with Crippen LogP contribution in [-0.4, -0.2) is 50.4 Å². The first-order valence-corrected chi connectivity index (χ1v) is 15.4. The third-order valence-corrected chi connectivity index (χ3v) is 8.55. The van der Waals surface area contributed by atoms with E-state index in [-0.39, 0.29) is 29.1 Å². The van der Waals surface area contributed by atoms with E-state index in [1.165, 1.54) is 29.2 Å². The normalized spacial score (nSPS) is 12.1. The number of nitrogens with one attached hydrogen (secondary N) is 1. The van der Waals surface area contributed by atoms with Crippen LogP contribution < -0.4 is 14.4 Å². The van der Waals surface area contributed by atoms with Crippen molar-refractivity contribution in [2.75, 3.05) is 17.5 Å². The number of halogens is 2. The maximum atomic E-state index is 13.9. The van der Waals surface area contributed by atoms with E-state index in [1.54, 1.807) is 31.2 Å². The Kier molecular flexibility index (Phi) is 11.0. The van der Waals surface area contributed by atoms with Crippen molar-refractivity contribution in [2.24, 2.45) is 0 Å². The monoisotopic (exact) mass is 649 g/mol. The topological polar surface area (TPSA) is 96.0 Å². The minimum atomic E-state index is -4.19. The highest BCUT2D eigenvalue weighted by atomic mass is 79.9. The molecule has 11 heteroatoms. The van der Waals surface area contributed by atoms with Crippen molar-refractivity contribution < 1.29 is 22.7 Å². The van der Waals surface area contributed by atoms with Crippen molar-refractivity contribution in [1.29, 1.82) is 0 Å². The van der Waals surface area contributed by atoms with Crippen molar-refractivity contribution in [3.8, 4) is 5.75 Å². The van der Waals surface area contributed by atoms with E-state index in [4.69, 9.17) is 16.3 Å². The summed E-state index contributed by atoms with van der Waals surface area (Å²) >= 11 is 9.40.